The van der Waals surface area contributed by atoms with Crippen LogP contribution in [0.15, 0.2) is 30.3 Å². The van der Waals surface area contributed by atoms with Gasteiger partial charge in [-0.05, 0) is 18.1 Å². The lowest BCUT2D eigenvalue weighted by molar-refractivity contribution is -0.141. The van der Waals surface area contributed by atoms with E-state index in [2.05, 4.69) is 0 Å². The summed E-state index contributed by atoms with van der Waals surface area (Å²) in [6.45, 7) is 1.68. The van der Waals surface area contributed by atoms with Crippen molar-refractivity contribution >= 4 is 16.7 Å². The summed E-state index contributed by atoms with van der Waals surface area (Å²) in [6.07, 6.45) is 0.402. The Bertz CT molecular complexity index is 634. The van der Waals surface area contributed by atoms with Crippen LogP contribution in [0.25, 0.3) is 10.8 Å². The van der Waals surface area contributed by atoms with Crippen LogP contribution in [-0.4, -0.2) is 25.3 Å². The van der Waals surface area contributed by atoms with E-state index in [1.54, 1.807) is 21.1 Å². The van der Waals surface area contributed by atoms with Crippen LogP contribution >= 0.6 is 0 Å². The van der Waals surface area contributed by atoms with Crippen LogP contribution < -0.4 is 9.47 Å². The zero-order valence-electron chi connectivity index (χ0n) is 11.8. The van der Waals surface area contributed by atoms with Gasteiger partial charge in [-0.3, -0.25) is 4.79 Å². The van der Waals surface area contributed by atoms with E-state index in [1.165, 1.54) is 0 Å². The van der Waals surface area contributed by atoms with E-state index in [0.29, 0.717) is 6.42 Å². The molecule has 2 aromatic rings. The third-order valence-corrected chi connectivity index (χ3v) is 3.41. The molecular formula is C16H18O4. The molecule has 2 aromatic carbocycles. The minimum absolute atomic E-state index is 0.402. The van der Waals surface area contributed by atoms with Crippen molar-refractivity contribution in [1.29, 1.82) is 0 Å². The van der Waals surface area contributed by atoms with Crippen molar-refractivity contribution in [3.8, 4) is 11.5 Å². The molecule has 1 atom stereocenters. The predicted octanol–water partition coefficient (Wildman–Crippen LogP) is 3.12. The van der Waals surface area contributed by atoms with Gasteiger partial charge in [-0.15, -0.1) is 0 Å². The lowest BCUT2D eigenvalue weighted by Crippen LogP contribution is -2.13. The van der Waals surface area contributed by atoms with E-state index in [1.807, 2.05) is 30.3 Å². The highest BCUT2D eigenvalue weighted by Gasteiger charge is 2.18. The molecule has 0 bridgehead atoms. The quantitative estimate of drug-likeness (QED) is 0.910. The number of aliphatic carboxylic acids is 1. The Morgan fingerprint density at radius 2 is 1.85 bits per heavy atom. The summed E-state index contributed by atoms with van der Waals surface area (Å²) in [5.41, 5.74) is 0.845. The number of carbonyl (C=O) groups is 1. The van der Waals surface area contributed by atoms with Crippen molar-refractivity contribution in [1.82, 2.24) is 0 Å². The minimum Gasteiger partial charge on any atom is -0.496 e. The van der Waals surface area contributed by atoms with Gasteiger partial charge in [0, 0.05) is 10.8 Å². The van der Waals surface area contributed by atoms with Gasteiger partial charge >= 0.3 is 5.97 Å². The molecule has 1 unspecified atom stereocenters. The molecule has 4 heteroatoms. The summed E-state index contributed by atoms with van der Waals surface area (Å²) in [5.74, 6) is 0.150. The first kappa shape index (κ1) is 14.2. The van der Waals surface area contributed by atoms with Crippen LogP contribution in [0.1, 0.15) is 12.5 Å². The molecule has 20 heavy (non-hydrogen) atoms. The average molecular weight is 274 g/mol. The van der Waals surface area contributed by atoms with Gasteiger partial charge < -0.3 is 14.6 Å². The Morgan fingerprint density at radius 1 is 1.20 bits per heavy atom. The van der Waals surface area contributed by atoms with Crippen LogP contribution in [0.5, 0.6) is 11.5 Å². The Morgan fingerprint density at radius 3 is 2.40 bits per heavy atom. The molecule has 0 aromatic heterocycles. The number of carboxylic acids is 1. The van der Waals surface area contributed by atoms with E-state index < -0.39 is 11.9 Å². The molecule has 0 saturated heterocycles. The van der Waals surface area contributed by atoms with Gasteiger partial charge in [0.05, 0.1) is 20.1 Å². The lowest BCUT2D eigenvalue weighted by Gasteiger charge is -2.16. The number of hydrogen-bond donors (Lipinski definition) is 1. The molecule has 0 spiro atoms. The Hall–Kier alpha value is -2.23. The molecule has 4 nitrogen and oxygen atoms in total. The first-order valence-corrected chi connectivity index (χ1v) is 6.44. The molecule has 0 saturated carbocycles. The Balaban J connectivity index is 2.61. The molecule has 0 aliphatic rings. The maximum atomic E-state index is 11.0. The summed E-state index contributed by atoms with van der Waals surface area (Å²) in [7, 11) is 3.21. The third kappa shape index (κ3) is 2.54. The van der Waals surface area contributed by atoms with Crippen LogP contribution in [0.4, 0.5) is 0 Å². The molecule has 106 valence electrons. The zero-order valence-corrected chi connectivity index (χ0v) is 11.8. The van der Waals surface area contributed by atoms with Gasteiger partial charge in [0.1, 0.15) is 11.5 Å². The van der Waals surface area contributed by atoms with Crippen molar-refractivity contribution in [3.05, 3.63) is 35.9 Å². The smallest absolute Gasteiger partial charge is 0.306 e. The maximum Gasteiger partial charge on any atom is 0.306 e. The van der Waals surface area contributed by atoms with Crippen molar-refractivity contribution < 1.29 is 19.4 Å². The van der Waals surface area contributed by atoms with E-state index in [0.717, 1.165) is 27.8 Å². The predicted molar refractivity (Wildman–Crippen MR) is 77.6 cm³/mol. The second-order valence-electron chi connectivity index (χ2n) is 4.76. The van der Waals surface area contributed by atoms with Crippen molar-refractivity contribution in [2.45, 2.75) is 13.3 Å². The fourth-order valence-corrected chi connectivity index (χ4v) is 2.35. The molecule has 0 heterocycles. The number of benzene rings is 2. The number of fused-ring (bicyclic) bond motifs is 1. The van der Waals surface area contributed by atoms with Gasteiger partial charge in [-0.1, -0.05) is 31.2 Å². The van der Waals surface area contributed by atoms with Gasteiger partial charge in [0.15, 0.2) is 0 Å². The summed E-state index contributed by atoms with van der Waals surface area (Å²) in [6, 6.07) is 9.63. The summed E-state index contributed by atoms with van der Waals surface area (Å²) < 4.78 is 10.9. The van der Waals surface area contributed by atoms with Crippen molar-refractivity contribution in [3.63, 3.8) is 0 Å². The van der Waals surface area contributed by atoms with E-state index in [9.17, 15) is 4.79 Å². The van der Waals surface area contributed by atoms with Gasteiger partial charge in [-0.2, -0.15) is 0 Å². The second-order valence-corrected chi connectivity index (χ2v) is 4.76. The number of methoxy groups -OCH3 is 2. The minimum atomic E-state index is -0.820. The standard InChI is InChI=1S/C16H18O4/c1-10(16(17)18)8-11-9-14(19-2)12-6-4-5-7-13(12)15(11)20-3/h4-7,9-10H,8H2,1-3H3,(H,17,18). The summed E-state index contributed by atoms with van der Waals surface area (Å²) in [4.78, 5) is 11.0. The van der Waals surface area contributed by atoms with Gasteiger partial charge in [0.25, 0.3) is 0 Å². The fraction of sp³-hybridized carbons (Fsp3) is 0.312. The SMILES string of the molecule is COc1cc(CC(C)C(=O)O)c(OC)c2ccccc12. The molecule has 0 amide bonds. The molecule has 0 aliphatic carbocycles. The average Bonchev–Trinajstić information content (AvgIpc) is 2.46. The number of rotatable bonds is 5. The number of carboxylic acid groups (broad SMARTS) is 1. The maximum absolute atomic E-state index is 11.0. The van der Waals surface area contributed by atoms with Crippen molar-refractivity contribution in [2.75, 3.05) is 14.2 Å². The topological polar surface area (TPSA) is 55.8 Å². The Kier molecular flexibility index (Phi) is 4.13. The summed E-state index contributed by atoms with van der Waals surface area (Å²) in [5, 5.41) is 11.0. The normalized spacial score (nSPS) is 12.2. The van der Waals surface area contributed by atoms with Crippen molar-refractivity contribution in [2.24, 2.45) is 5.92 Å². The number of hydrogen-bond acceptors (Lipinski definition) is 3. The molecule has 0 aliphatic heterocycles. The highest BCUT2D eigenvalue weighted by Crippen LogP contribution is 2.37. The highest BCUT2D eigenvalue weighted by atomic mass is 16.5. The number of ether oxygens (including phenoxy) is 2. The molecule has 0 fully saturated rings. The molecule has 2 rings (SSSR count). The van der Waals surface area contributed by atoms with E-state index >= 15 is 0 Å². The summed E-state index contributed by atoms with van der Waals surface area (Å²) >= 11 is 0. The largest absolute Gasteiger partial charge is 0.496 e. The van der Waals surface area contributed by atoms with E-state index in [4.69, 9.17) is 14.6 Å². The highest BCUT2D eigenvalue weighted by molar-refractivity contribution is 5.94. The molecule has 0 radical (unpaired) electrons. The van der Waals surface area contributed by atoms with E-state index in [-0.39, 0.29) is 0 Å². The monoisotopic (exact) mass is 274 g/mol. The van der Waals surface area contributed by atoms with Gasteiger partial charge in [-0.25, -0.2) is 0 Å². The van der Waals surface area contributed by atoms with Crippen LogP contribution in [0.2, 0.25) is 0 Å². The first-order chi connectivity index (χ1) is 9.58. The fourth-order valence-electron chi connectivity index (χ4n) is 2.35. The lowest BCUT2D eigenvalue weighted by atomic mass is 9.96. The molecular weight excluding hydrogens is 256 g/mol. The van der Waals surface area contributed by atoms with Crippen LogP contribution in [0, 0.1) is 5.92 Å². The van der Waals surface area contributed by atoms with Crippen LogP contribution in [-0.2, 0) is 11.2 Å². The Labute approximate surface area is 117 Å². The zero-order chi connectivity index (χ0) is 14.7. The first-order valence-electron chi connectivity index (χ1n) is 6.44. The molecule has 1 N–H and O–H groups in total. The third-order valence-electron chi connectivity index (χ3n) is 3.41. The van der Waals surface area contributed by atoms with Crippen LogP contribution in [0.3, 0.4) is 0 Å². The van der Waals surface area contributed by atoms with Gasteiger partial charge in [0.2, 0.25) is 0 Å². The second kappa shape index (κ2) is 5.82.